The van der Waals surface area contributed by atoms with Gasteiger partial charge >= 0.3 is 0 Å². The number of nitrogens with zero attached hydrogens (tertiary/aromatic N) is 3. The van der Waals surface area contributed by atoms with Crippen LogP contribution in [0.3, 0.4) is 0 Å². The standard InChI is InChI=1S/C27H26N4O2S2/c1-30-13-15-31(16-14-30)26(33)22-10-6-5-9-21(22)25(32)28-20-11-12-23-24(17-20)35-27(29-23)34-18-19-7-3-2-4-8-19/h2-12,17H,13-16,18H2,1H3,(H,28,32). The molecule has 0 saturated carbocycles. The van der Waals surface area contributed by atoms with Crippen molar-refractivity contribution >= 4 is 50.8 Å². The predicted octanol–water partition coefficient (Wildman–Crippen LogP) is 5.23. The fraction of sp³-hybridized carbons (Fsp3) is 0.222. The van der Waals surface area contributed by atoms with Gasteiger partial charge in [-0.05, 0) is 42.9 Å². The molecule has 0 radical (unpaired) electrons. The first-order valence-electron chi connectivity index (χ1n) is 11.5. The lowest BCUT2D eigenvalue weighted by Crippen LogP contribution is -2.47. The minimum Gasteiger partial charge on any atom is -0.336 e. The number of aromatic nitrogens is 1. The van der Waals surface area contributed by atoms with E-state index in [-0.39, 0.29) is 11.8 Å². The molecule has 6 nitrogen and oxygen atoms in total. The molecule has 3 aromatic carbocycles. The van der Waals surface area contributed by atoms with Crippen LogP contribution in [-0.4, -0.2) is 59.8 Å². The van der Waals surface area contributed by atoms with Crippen molar-refractivity contribution in [2.45, 2.75) is 10.1 Å². The highest BCUT2D eigenvalue weighted by molar-refractivity contribution is 8.00. The van der Waals surface area contributed by atoms with Gasteiger partial charge in [0.2, 0.25) is 0 Å². The van der Waals surface area contributed by atoms with E-state index in [1.54, 1.807) is 47.4 Å². The van der Waals surface area contributed by atoms with E-state index in [0.717, 1.165) is 33.4 Å². The monoisotopic (exact) mass is 502 g/mol. The van der Waals surface area contributed by atoms with Crippen LogP contribution in [0.1, 0.15) is 26.3 Å². The van der Waals surface area contributed by atoms with E-state index in [0.29, 0.717) is 29.9 Å². The summed E-state index contributed by atoms with van der Waals surface area (Å²) in [7, 11) is 2.05. The van der Waals surface area contributed by atoms with Crippen molar-refractivity contribution in [3.05, 3.63) is 89.5 Å². The molecule has 1 aromatic heterocycles. The van der Waals surface area contributed by atoms with Crippen LogP contribution in [0.5, 0.6) is 0 Å². The lowest BCUT2D eigenvalue weighted by molar-refractivity contribution is 0.0660. The van der Waals surface area contributed by atoms with Crippen molar-refractivity contribution in [1.82, 2.24) is 14.8 Å². The topological polar surface area (TPSA) is 65.5 Å². The van der Waals surface area contributed by atoms with Crippen LogP contribution in [0, 0.1) is 0 Å². The van der Waals surface area contributed by atoms with Crippen molar-refractivity contribution < 1.29 is 9.59 Å². The zero-order valence-corrected chi connectivity index (χ0v) is 21.1. The molecule has 2 heterocycles. The normalized spacial score (nSPS) is 14.3. The smallest absolute Gasteiger partial charge is 0.256 e. The highest BCUT2D eigenvalue weighted by Crippen LogP contribution is 2.33. The Labute approximate surface area is 213 Å². The number of anilines is 1. The Balaban J connectivity index is 1.29. The molecule has 0 unspecified atom stereocenters. The second-order valence-corrected chi connectivity index (χ2v) is 10.8. The molecule has 0 spiro atoms. The number of hydrogen-bond acceptors (Lipinski definition) is 6. The maximum Gasteiger partial charge on any atom is 0.256 e. The third kappa shape index (κ3) is 5.56. The van der Waals surface area contributed by atoms with Gasteiger partial charge in [0.05, 0.1) is 21.3 Å². The number of amides is 2. The highest BCUT2D eigenvalue weighted by Gasteiger charge is 2.24. The maximum atomic E-state index is 13.2. The number of benzene rings is 3. The SMILES string of the molecule is CN1CCN(C(=O)c2ccccc2C(=O)Nc2ccc3nc(SCc4ccccc4)sc3c2)CC1. The molecule has 5 rings (SSSR count). The molecule has 1 aliphatic heterocycles. The fourth-order valence-corrected chi connectivity index (χ4v) is 6.07. The molecule has 0 atom stereocenters. The number of thioether (sulfide) groups is 1. The summed E-state index contributed by atoms with van der Waals surface area (Å²) in [6, 6.07) is 23.1. The van der Waals surface area contributed by atoms with Crippen molar-refractivity contribution in [2.24, 2.45) is 0 Å². The summed E-state index contributed by atoms with van der Waals surface area (Å²) in [6.07, 6.45) is 0. The summed E-state index contributed by atoms with van der Waals surface area (Å²) < 4.78 is 2.01. The lowest BCUT2D eigenvalue weighted by Gasteiger charge is -2.32. The lowest BCUT2D eigenvalue weighted by atomic mass is 10.0. The third-order valence-electron chi connectivity index (χ3n) is 6.02. The van der Waals surface area contributed by atoms with Gasteiger partial charge in [0.1, 0.15) is 0 Å². The van der Waals surface area contributed by atoms with Crippen molar-refractivity contribution in [2.75, 3.05) is 38.5 Å². The fourth-order valence-electron chi connectivity index (χ4n) is 4.01. The van der Waals surface area contributed by atoms with Crippen molar-refractivity contribution in [3.8, 4) is 0 Å². The summed E-state index contributed by atoms with van der Waals surface area (Å²) in [5.74, 6) is 0.481. The molecule has 35 heavy (non-hydrogen) atoms. The van der Waals surface area contributed by atoms with E-state index in [4.69, 9.17) is 4.98 Å². The second-order valence-electron chi connectivity index (χ2n) is 8.53. The molecule has 8 heteroatoms. The molecule has 0 aliphatic carbocycles. The van der Waals surface area contributed by atoms with Gasteiger partial charge < -0.3 is 15.1 Å². The first kappa shape index (κ1) is 23.5. The quantitative estimate of drug-likeness (QED) is 0.366. The van der Waals surface area contributed by atoms with Crippen LogP contribution in [-0.2, 0) is 5.75 Å². The van der Waals surface area contributed by atoms with Crippen LogP contribution in [0.2, 0.25) is 0 Å². The zero-order chi connectivity index (χ0) is 24.2. The number of hydrogen-bond donors (Lipinski definition) is 1. The minimum atomic E-state index is -0.286. The third-order valence-corrected chi connectivity index (χ3v) is 8.26. The van der Waals surface area contributed by atoms with E-state index < -0.39 is 0 Å². The average molecular weight is 503 g/mol. The van der Waals surface area contributed by atoms with Gasteiger partial charge in [-0.1, -0.05) is 54.2 Å². The predicted molar refractivity (Wildman–Crippen MR) is 143 cm³/mol. The van der Waals surface area contributed by atoms with Gasteiger partial charge in [0.25, 0.3) is 11.8 Å². The highest BCUT2D eigenvalue weighted by atomic mass is 32.2. The Bertz CT molecular complexity index is 1350. The van der Waals surface area contributed by atoms with Crippen LogP contribution in [0.4, 0.5) is 5.69 Å². The summed E-state index contributed by atoms with van der Waals surface area (Å²) in [5.41, 5.74) is 3.68. The Hall–Kier alpha value is -3.20. The number of piperazine rings is 1. The number of nitrogens with one attached hydrogen (secondary N) is 1. The average Bonchev–Trinajstić information content (AvgIpc) is 3.30. The molecule has 1 N–H and O–H groups in total. The molecule has 178 valence electrons. The number of fused-ring (bicyclic) bond motifs is 1. The Kier molecular flexibility index (Phi) is 7.13. The number of likely N-dealkylation sites (N-methyl/N-ethyl adjacent to an activating group) is 1. The van der Waals surface area contributed by atoms with Gasteiger partial charge in [-0.25, -0.2) is 4.98 Å². The summed E-state index contributed by atoms with van der Waals surface area (Å²) in [5, 5.41) is 2.98. The summed E-state index contributed by atoms with van der Waals surface area (Å²) >= 11 is 3.33. The first-order chi connectivity index (χ1) is 17.1. The number of carbonyl (C=O) groups is 2. The van der Waals surface area contributed by atoms with Crippen LogP contribution >= 0.6 is 23.1 Å². The largest absolute Gasteiger partial charge is 0.336 e. The molecular formula is C27H26N4O2S2. The number of rotatable bonds is 6. The first-order valence-corrected chi connectivity index (χ1v) is 13.3. The van der Waals surface area contributed by atoms with Crippen LogP contribution in [0.25, 0.3) is 10.2 Å². The number of thiazole rings is 1. The molecule has 1 fully saturated rings. The van der Waals surface area contributed by atoms with Gasteiger partial charge in [0, 0.05) is 37.6 Å². The van der Waals surface area contributed by atoms with Gasteiger partial charge in [-0.2, -0.15) is 0 Å². The van der Waals surface area contributed by atoms with Gasteiger partial charge in [-0.3, -0.25) is 9.59 Å². The summed E-state index contributed by atoms with van der Waals surface area (Å²) in [6.45, 7) is 3.00. The number of carbonyl (C=O) groups excluding carboxylic acids is 2. The Morgan fingerprint density at radius 3 is 2.43 bits per heavy atom. The molecular weight excluding hydrogens is 476 g/mol. The Morgan fingerprint density at radius 2 is 1.66 bits per heavy atom. The van der Waals surface area contributed by atoms with Crippen molar-refractivity contribution in [1.29, 1.82) is 0 Å². The maximum absolute atomic E-state index is 13.2. The summed E-state index contributed by atoms with van der Waals surface area (Å²) in [4.78, 5) is 35.0. The van der Waals surface area contributed by atoms with E-state index in [9.17, 15) is 9.59 Å². The molecule has 0 bridgehead atoms. The zero-order valence-electron chi connectivity index (χ0n) is 19.4. The molecule has 2 amide bonds. The Morgan fingerprint density at radius 1 is 0.943 bits per heavy atom. The van der Waals surface area contributed by atoms with Crippen LogP contribution < -0.4 is 5.32 Å². The van der Waals surface area contributed by atoms with E-state index >= 15 is 0 Å². The van der Waals surface area contributed by atoms with Crippen molar-refractivity contribution in [3.63, 3.8) is 0 Å². The molecule has 4 aromatic rings. The minimum absolute atomic E-state index is 0.0955. The van der Waals surface area contributed by atoms with E-state index in [1.165, 1.54) is 5.56 Å². The van der Waals surface area contributed by atoms with Gasteiger partial charge in [-0.15, -0.1) is 11.3 Å². The second kappa shape index (κ2) is 10.6. The molecule has 1 saturated heterocycles. The van der Waals surface area contributed by atoms with E-state index in [2.05, 4.69) is 22.3 Å². The van der Waals surface area contributed by atoms with Gasteiger partial charge in [0.15, 0.2) is 4.34 Å². The molecule has 1 aliphatic rings. The van der Waals surface area contributed by atoms with E-state index in [1.807, 2.05) is 48.3 Å². The van der Waals surface area contributed by atoms with Crippen LogP contribution in [0.15, 0.2) is 77.1 Å².